The number of hydrogen-bond acceptors (Lipinski definition) is 3. The molecule has 0 fully saturated rings. The fraction of sp³-hybridized carbons (Fsp3) is 0.909. The minimum atomic E-state index is -3.11. The molecule has 0 saturated carbocycles. The molecule has 0 amide bonds. The van der Waals surface area contributed by atoms with Crippen LogP contribution in [0.3, 0.4) is 0 Å². The molecule has 0 unspecified atom stereocenters. The van der Waals surface area contributed by atoms with Gasteiger partial charge in [0.05, 0.1) is 6.26 Å². The van der Waals surface area contributed by atoms with Crippen molar-refractivity contribution >= 4 is 16.0 Å². The van der Waals surface area contributed by atoms with E-state index in [2.05, 4.69) is 10.3 Å². The molecule has 0 aromatic rings. The van der Waals surface area contributed by atoms with Crippen molar-refractivity contribution in [3.8, 4) is 0 Å². The second kappa shape index (κ2) is 6.94. The maximum atomic E-state index is 11.3. The van der Waals surface area contributed by atoms with Gasteiger partial charge in [-0.1, -0.05) is 6.92 Å². The number of nitrogens with two attached hydrogens (primary N) is 1. The summed E-state index contributed by atoms with van der Waals surface area (Å²) in [5, 5.41) is 3.05. The Morgan fingerprint density at radius 2 is 1.94 bits per heavy atom. The van der Waals surface area contributed by atoms with Crippen LogP contribution in [-0.4, -0.2) is 50.1 Å². The molecule has 0 aromatic carbocycles. The van der Waals surface area contributed by atoms with E-state index in [-0.39, 0.29) is 5.54 Å². The Morgan fingerprint density at radius 1 is 1.39 bits per heavy atom. The van der Waals surface area contributed by atoms with Gasteiger partial charge in [0.2, 0.25) is 10.0 Å². The summed E-state index contributed by atoms with van der Waals surface area (Å²) < 4.78 is 24.1. The number of nitrogens with one attached hydrogen (secondary N) is 1. The molecular formula is C11H26N4O2S. The van der Waals surface area contributed by atoms with Crippen molar-refractivity contribution < 1.29 is 8.42 Å². The molecular weight excluding hydrogens is 252 g/mol. The van der Waals surface area contributed by atoms with Gasteiger partial charge in [0.25, 0.3) is 0 Å². The number of rotatable bonds is 6. The van der Waals surface area contributed by atoms with Gasteiger partial charge < -0.3 is 11.1 Å². The summed E-state index contributed by atoms with van der Waals surface area (Å²) in [6, 6.07) is 0. The van der Waals surface area contributed by atoms with Crippen molar-refractivity contribution in [2.45, 2.75) is 39.7 Å². The molecule has 0 heterocycles. The van der Waals surface area contributed by atoms with Crippen molar-refractivity contribution in [1.82, 2.24) is 9.62 Å². The van der Waals surface area contributed by atoms with Crippen LogP contribution in [0.2, 0.25) is 0 Å². The highest BCUT2D eigenvalue weighted by molar-refractivity contribution is 7.88. The van der Waals surface area contributed by atoms with E-state index in [0.29, 0.717) is 32.0 Å². The lowest BCUT2D eigenvalue weighted by Crippen LogP contribution is -2.45. The Hall–Kier alpha value is -0.820. The smallest absolute Gasteiger partial charge is 0.211 e. The predicted octanol–water partition coefficient (Wildman–Crippen LogP) is 0.361. The van der Waals surface area contributed by atoms with Crippen LogP contribution in [0.15, 0.2) is 4.99 Å². The molecule has 0 saturated heterocycles. The van der Waals surface area contributed by atoms with Crippen LogP contribution < -0.4 is 11.1 Å². The van der Waals surface area contributed by atoms with Gasteiger partial charge >= 0.3 is 0 Å². The molecule has 6 nitrogen and oxygen atoms in total. The average molecular weight is 278 g/mol. The molecule has 3 N–H and O–H groups in total. The SMILES string of the molecule is CCN(CCCN=C(N)NC(C)(C)C)S(C)(=O)=O. The van der Waals surface area contributed by atoms with Gasteiger partial charge in [-0.15, -0.1) is 0 Å². The number of nitrogens with zero attached hydrogens (tertiary/aromatic N) is 2. The summed E-state index contributed by atoms with van der Waals surface area (Å²) in [5.41, 5.74) is 5.59. The van der Waals surface area contributed by atoms with E-state index in [0.717, 1.165) is 0 Å². The molecule has 0 aliphatic carbocycles. The van der Waals surface area contributed by atoms with Gasteiger partial charge in [-0.2, -0.15) is 0 Å². The van der Waals surface area contributed by atoms with Gasteiger partial charge in [-0.05, 0) is 27.2 Å². The predicted molar refractivity (Wildman–Crippen MR) is 76.1 cm³/mol. The lowest BCUT2D eigenvalue weighted by Gasteiger charge is -2.21. The third-order valence-electron chi connectivity index (χ3n) is 2.17. The van der Waals surface area contributed by atoms with E-state index in [1.54, 1.807) is 0 Å². The quantitative estimate of drug-likeness (QED) is 0.417. The van der Waals surface area contributed by atoms with Gasteiger partial charge in [-0.3, -0.25) is 4.99 Å². The largest absolute Gasteiger partial charge is 0.370 e. The average Bonchev–Trinajstić information content (AvgIpc) is 2.12. The van der Waals surface area contributed by atoms with Crippen molar-refractivity contribution in [2.24, 2.45) is 10.7 Å². The topological polar surface area (TPSA) is 87.8 Å². The Bertz CT molecular complexity index is 371. The molecule has 0 aromatic heterocycles. The van der Waals surface area contributed by atoms with Crippen LogP contribution in [0.5, 0.6) is 0 Å². The Kier molecular flexibility index (Phi) is 6.62. The van der Waals surface area contributed by atoms with E-state index < -0.39 is 10.0 Å². The van der Waals surface area contributed by atoms with Crippen molar-refractivity contribution in [3.63, 3.8) is 0 Å². The van der Waals surface area contributed by atoms with E-state index in [1.165, 1.54) is 10.6 Å². The first-order chi connectivity index (χ1) is 8.06. The van der Waals surface area contributed by atoms with E-state index >= 15 is 0 Å². The van der Waals surface area contributed by atoms with E-state index in [4.69, 9.17) is 5.73 Å². The van der Waals surface area contributed by atoms with Crippen LogP contribution >= 0.6 is 0 Å². The molecule has 0 bridgehead atoms. The molecule has 0 radical (unpaired) electrons. The first-order valence-corrected chi connectivity index (χ1v) is 7.94. The number of guanidine groups is 1. The Morgan fingerprint density at radius 3 is 2.33 bits per heavy atom. The molecule has 0 aliphatic heterocycles. The Balaban J connectivity index is 4.09. The summed E-state index contributed by atoms with van der Waals surface area (Å²) in [6.07, 6.45) is 1.88. The zero-order valence-corrected chi connectivity index (χ0v) is 12.8. The fourth-order valence-electron chi connectivity index (χ4n) is 1.43. The van der Waals surface area contributed by atoms with Crippen LogP contribution in [0, 0.1) is 0 Å². The maximum Gasteiger partial charge on any atom is 0.211 e. The maximum absolute atomic E-state index is 11.3. The van der Waals surface area contributed by atoms with Crippen molar-refractivity contribution in [2.75, 3.05) is 25.9 Å². The van der Waals surface area contributed by atoms with Crippen LogP contribution in [0.4, 0.5) is 0 Å². The summed E-state index contributed by atoms with van der Waals surface area (Å²) in [5.74, 6) is 0.393. The summed E-state index contributed by atoms with van der Waals surface area (Å²) in [7, 11) is -3.11. The highest BCUT2D eigenvalue weighted by Crippen LogP contribution is 2.00. The first kappa shape index (κ1) is 17.2. The van der Waals surface area contributed by atoms with Gasteiger partial charge in [0, 0.05) is 25.2 Å². The second-order valence-electron chi connectivity index (χ2n) is 5.25. The van der Waals surface area contributed by atoms with Gasteiger partial charge in [-0.25, -0.2) is 12.7 Å². The zero-order valence-electron chi connectivity index (χ0n) is 12.0. The van der Waals surface area contributed by atoms with Crippen LogP contribution in [0.25, 0.3) is 0 Å². The third kappa shape index (κ3) is 8.30. The molecule has 18 heavy (non-hydrogen) atoms. The van der Waals surface area contributed by atoms with E-state index in [1.807, 2.05) is 27.7 Å². The van der Waals surface area contributed by atoms with Crippen molar-refractivity contribution in [3.05, 3.63) is 0 Å². The van der Waals surface area contributed by atoms with E-state index in [9.17, 15) is 8.42 Å². The van der Waals surface area contributed by atoms with Crippen LogP contribution in [-0.2, 0) is 10.0 Å². The standard InChI is InChI=1S/C11H26N4O2S/c1-6-15(18(5,16)17)9-7-8-13-10(12)14-11(2,3)4/h6-9H2,1-5H3,(H3,12,13,14). The molecule has 7 heteroatoms. The normalized spacial score (nSPS) is 14.0. The minimum Gasteiger partial charge on any atom is -0.370 e. The summed E-state index contributed by atoms with van der Waals surface area (Å²) in [6.45, 7) is 9.29. The van der Waals surface area contributed by atoms with Gasteiger partial charge in [0.1, 0.15) is 0 Å². The first-order valence-electron chi connectivity index (χ1n) is 6.09. The van der Waals surface area contributed by atoms with Gasteiger partial charge in [0.15, 0.2) is 5.96 Å². The summed E-state index contributed by atoms with van der Waals surface area (Å²) >= 11 is 0. The minimum absolute atomic E-state index is 0.115. The molecule has 0 aliphatic rings. The molecule has 0 spiro atoms. The summed E-state index contributed by atoms with van der Waals surface area (Å²) in [4.78, 5) is 4.16. The number of hydrogen-bond donors (Lipinski definition) is 2. The van der Waals surface area contributed by atoms with Crippen molar-refractivity contribution in [1.29, 1.82) is 0 Å². The molecule has 108 valence electrons. The second-order valence-corrected chi connectivity index (χ2v) is 7.23. The Labute approximate surface area is 111 Å². The zero-order chi connectivity index (χ0) is 14.4. The van der Waals surface area contributed by atoms with Crippen LogP contribution in [0.1, 0.15) is 34.1 Å². The third-order valence-corrected chi connectivity index (χ3v) is 3.55. The highest BCUT2D eigenvalue weighted by atomic mass is 32.2. The lowest BCUT2D eigenvalue weighted by molar-refractivity contribution is 0.427. The number of aliphatic imine (C=N–C) groups is 1. The highest BCUT2D eigenvalue weighted by Gasteiger charge is 2.13. The molecule has 0 rings (SSSR count). The monoisotopic (exact) mass is 278 g/mol. The fourth-order valence-corrected chi connectivity index (χ4v) is 2.36. The number of sulfonamides is 1. The lowest BCUT2D eigenvalue weighted by atomic mass is 10.1. The molecule has 0 atom stereocenters.